The van der Waals surface area contributed by atoms with Crippen molar-refractivity contribution in [2.24, 2.45) is 0 Å². The van der Waals surface area contributed by atoms with Crippen molar-refractivity contribution in [2.75, 3.05) is 0 Å². The van der Waals surface area contributed by atoms with Crippen molar-refractivity contribution in [3.8, 4) is 16.8 Å². The summed E-state index contributed by atoms with van der Waals surface area (Å²) in [5.41, 5.74) is 5.01. The molecule has 4 rings (SSSR count). The number of hydrogen-bond donors (Lipinski definition) is 0. The van der Waals surface area contributed by atoms with Gasteiger partial charge in [-0.1, -0.05) is 58.4 Å². The van der Waals surface area contributed by atoms with Gasteiger partial charge in [0.05, 0.1) is 5.69 Å². The number of aromatic nitrogens is 3. The van der Waals surface area contributed by atoms with E-state index in [1.165, 1.54) is 0 Å². The largest absolute Gasteiger partial charge is 0.150 e. The van der Waals surface area contributed by atoms with E-state index in [4.69, 9.17) is 0 Å². The smallest absolute Gasteiger partial charge is 0.114 e. The lowest BCUT2D eigenvalue weighted by Gasteiger charge is -2.03. The van der Waals surface area contributed by atoms with Crippen LogP contribution in [0.25, 0.3) is 27.8 Å². The van der Waals surface area contributed by atoms with E-state index in [0.717, 1.165) is 32.3 Å². The molecule has 0 saturated heterocycles. The summed E-state index contributed by atoms with van der Waals surface area (Å²) in [6, 6.07) is 24.3. The summed E-state index contributed by atoms with van der Waals surface area (Å²) in [6.45, 7) is 0. The van der Waals surface area contributed by atoms with Crippen LogP contribution >= 0.6 is 15.9 Å². The van der Waals surface area contributed by atoms with Crippen LogP contribution in [-0.2, 0) is 0 Å². The van der Waals surface area contributed by atoms with Gasteiger partial charge < -0.3 is 0 Å². The molecule has 0 amide bonds. The maximum atomic E-state index is 4.59. The monoisotopic (exact) mass is 349 g/mol. The molecule has 4 aromatic rings. The first-order chi connectivity index (χ1) is 10.8. The zero-order valence-corrected chi connectivity index (χ0v) is 13.2. The molecule has 0 spiro atoms. The minimum Gasteiger partial charge on any atom is -0.150 e. The molecule has 1 heterocycles. The predicted molar refractivity (Wildman–Crippen MR) is 92.0 cm³/mol. The number of fused-ring (bicyclic) bond motifs is 1. The zero-order valence-electron chi connectivity index (χ0n) is 11.6. The van der Waals surface area contributed by atoms with Gasteiger partial charge in [-0.05, 0) is 41.5 Å². The molecule has 0 bridgehead atoms. The number of nitrogens with zero attached hydrogens (tertiary/aromatic N) is 3. The van der Waals surface area contributed by atoms with Gasteiger partial charge in [-0.15, -0.1) is 10.2 Å². The highest BCUT2D eigenvalue weighted by Crippen LogP contribution is 2.29. The maximum absolute atomic E-state index is 4.59. The van der Waals surface area contributed by atoms with E-state index in [1.54, 1.807) is 4.80 Å². The van der Waals surface area contributed by atoms with Crippen molar-refractivity contribution < 1.29 is 0 Å². The molecule has 106 valence electrons. The summed E-state index contributed by atoms with van der Waals surface area (Å²) in [7, 11) is 0. The molecule has 0 fully saturated rings. The van der Waals surface area contributed by atoms with E-state index in [0.29, 0.717) is 0 Å². The lowest BCUT2D eigenvalue weighted by Crippen LogP contribution is -1.97. The van der Waals surface area contributed by atoms with E-state index >= 15 is 0 Å². The molecule has 1 aromatic heterocycles. The Morgan fingerprint density at radius 3 is 2.27 bits per heavy atom. The molecule has 0 atom stereocenters. The molecular weight excluding hydrogens is 338 g/mol. The molecule has 0 N–H and O–H groups in total. The number of halogens is 1. The van der Waals surface area contributed by atoms with Crippen LogP contribution in [0.15, 0.2) is 77.3 Å². The van der Waals surface area contributed by atoms with Crippen LogP contribution in [-0.4, -0.2) is 15.0 Å². The van der Waals surface area contributed by atoms with E-state index in [2.05, 4.69) is 44.3 Å². The third kappa shape index (κ3) is 2.31. The second-order valence-corrected chi connectivity index (χ2v) is 5.86. The minimum atomic E-state index is 0.886. The fraction of sp³-hybridized carbons (Fsp3) is 0. The van der Waals surface area contributed by atoms with Gasteiger partial charge in [0.15, 0.2) is 0 Å². The average molecular weight is 350 g/mol. The molecule has 0 aliphatic heterocycles. The molecule has 3 nitrogen and oxygen atoms in total. The van der Waals surface area contributed by atoms with Gasteiger partial charge >= 0.3 is 0 Å². The molecule has 0 unspecified atom stereocenters. The summed E-state index contributed by atoms with van der Waals surface area (Å²) in [5, 5.41) is 9.12. The molecule has 22 heavy (non-hydrogen) atoms. The standard InChI is InChI=1S/C18H12BrN3/c19-16-9-5-4-8-15(16)13-10-11-17-18(12-13)21-22(20-17)14-6-2-1-3-7-14/h1-12H. The molecule has 4 heteroatoms. The van der Waals surface area contributed by atoms with Gasteiger partial charge in [0.25, 0.3) is 0 Å². The molecule has 0 saturated carbocycles. The summed E-state index contributed by atoms with van der Waals surface area (Å²) in [4.78, 5) is 1.68. The Labute approximate surface area is 136 Å². The summed E-state index contributed by atoms with van der Waals surface area (Å²) in [6.07, 6.45) is 0. The number of benzene rings is 3. The Morgan fingerprint density at radius 1 is 0.727 bits per heavy atom. The first-order valence-corrected chi connectivity index (χ1v) is 7.78. The maximum Gasteiger partial charge on any atom is 0.114 e. The number of para-hydroxylation sites is 1. The SMILES string of the molecule is Brc1ccccc1-c1ccc2nn(-c3ccccc3)nc2c1. The minimum absolute atomic E-state index is 0.886. The normalized spacial score (nSPS) is 11.0. The van der Waals surface area contributed by atoms with E-state index in [9.17, 15) is 0 Å². The highest BCUT2D eigenvalue weighted by atomic mass is 79.9. The fourth-order valence-electron chi connectivity index (χ4n) is 2.45. The lowest BCUT2D eigenvalue weighted by atomic mass is 10.1. The van der Waals surface area contributed by atoms with E-state index < -0.39 is 0 Å². The predicted octanol–water partition coefficient (Wildman–Crippen LogP) is 4.85. The topological polar surface area (TPSA) is 30.7 Å². The fourth-order valence-corrected chi connectivity index (χ4v) is 2.97. The third-order valence-corrected chi connectivity index (χ3v) is 4.24. The van der Waals surface area contributed by atoms with Crippen LogP contribution in [0, 0.1) is 0 Å². The van der Waals surface area contributed by atoms with Crippen molar-refractivity contribution in [3.05, 3.63) is 77.3 Å². The van der Waals surface area contributed by atoms with Gasteiger partial charge in [0.2, 0.25) is 0 Å². The molecule has 0 aliphatic rings. The van der Waals surface area contributed by atoms with Gasteiger partial charge in [-0.2, -0.15) is 4.80 Å². The lowest BCUT2D eigenvalue weighted by molar-refractivity contribution is 0.766. The molecule has 3 aromatic carbocycles. The molecule has 0 radical (unpaired) electrons. The highest BCUT2D eigenvalue weighted by Gasteiger charge is 2.08. The van der Waals surface area contributed by atoms with Gasteiger partial charge in [-0.3, -0.25) is 0 Å². The van der Waals surface area contributed by atoms with E-state index in [-0.39, 0.29) is 0 Å². The van der Waals surface area contributed by atoms with Gasteiger partial charge in [-0.25, -0.2) is 0 Å². The average Bonchev–Trinajstić information content (AvgIpc) is 2.99. The zero-order chi connectivity index (χ0) is 14.9. The van der Waals surface area contributed by atoms with Crippen molar-refractivity contribution >= 4 is 27.0 Å². The Bertz CT molecular complexity index is 945. The first kappa shape index (κ1) is 13.2. The quantitative estimate of drug-likeness (QED) is 0.517. The number of rotatable bonds is 2. The molecular formula is C18H12BrN3. The third-order valence-electron chi connectivity index (χ3n) is 3.55. The van der Waals surface area contributed by atoms with Crippen LogP contribution in [0.4, 0.5) is 0 Å². The second-order valence-electron chi connectivity index (χ2n) is 5.01. The number of hydrogen-bond acceptors (Lipinski definition) is 2. The van der Waals surface area contributed by atoms with Crippen LogP contribution in [0.1, 0.15) is 0 Å². The summed E-state index contributed by atoms with van der Waals surface area (Å²) >= 11 is 3.60. The van der Waals surface area contributed by atoms with Gasteiger partial charge in [0, 0.05) is 4.47 Å². The van der Waals surface area contributed by atoms with Crippen molar-refractivity contribution in [1.29, 1.82) is 0 Å². The van der Waals surface area contributed by atoms with Crippen LogP contribution in [0.3, 0.4) is 0 Å². The Morgan fingerprint density at radius 2 is 1.45 bits per heavy atom. The second kappa shape index (κ2) is 5.39. The Kier molecular flexibility index (Phi) is 3.24. The summed E-state index contributed by atoms with van der Waals surface area (Å²) < 4.78 is 1.07. The van der Waals surface area contributed by atoms with Crippen LogP contribution in [0.5, 0.6) is 0 Å². The molecule has 0 aliphatic carbocycles. The van der Waals surface area contributed by atoms with Gasteiger partial charge in [0.1, 0.15) is 11.0 Å². The summed E-state index contributed by atoms with van der Waals surface area (Å²) in [5.74, 6) is 0. The van der Waals surface area contributed by atoms with Crippen molar-refractivity contribution in [1.82, 2.24) is 15.0 Å². The Balaban J connectivity index is 1.84. The van der Waals surface area contributed by atoms with Crippen molar-refractivity contribution in [3.63, 3.8) is 0 Å². The van der Waals surface area contributed by atoms with E-state index in [1.807, 2.05) is 54.6 Å². The first-order valence-electron chi connectivity index (χ1n) is 6.99. The van der Waals surface area contributed by atoms with Crippen molar-refractivity contribution in [2.45, 2.75) is 0 Å². The Hall–Kier alpha value is -2.46. The highest BCUT2D eigenvalue weighted by molar-refractivity contribution is 9.10. The van der Waals surface area contributed by atoms with Crippen LogP contribution in [0.2, 0.25) is 0 Å². The van der Waals surface area contributed by atoms with Crippen LogP contribution < -0.4 is 0 Å².